The van der Waals surface area contributed by atoms with E-state index in [1.165, 1.54) is 17.4 Å². The minimum absolute atomic E-state index is 0.146. The first kappa shape index (κ1) is 14.2. The van der Waals surface area contributed by atoms with Gasteiger partial charge < -0.3 is 10.4 Å². The zero-order chi connectivity index (χ0) is 15.0. The Balaban J connectivity index is 1.88. The number of thiazole rings is 1. The van der Waals surface area contributed by atoms with Crippen molar-refractivity contribution in [3.05, 3.63) is 32.5 Å². The predicted octanol–water partition coefficient (Wildman–Crippen LogP) is 3.59. The molecule has 0 aliphatic heterocycles. The summed E-state index contributed by atoms with van der Waals surface area (Å²) in [6.45, 7) is 1.36. The molecule has 5 nitrogen and oxygen atoms in total. The minimum Gasteiger partial charge on any atom is -0.476 e. The third kappa shape index (κ3) is 2.71. The summed E-state index contributed by atoms with van der Waals surface area (Å²) in [6.07, 6.45) is 3.19. The number of aromatic nitrogens is 1. The molecule has 1 unspecified atom stereocenters. The van der Waals surface area contributed by atoms with Gasteiger partial charge in [-0.05, 0) is 36.3 Å². The number of nitrogens with one attached hydrogen (secondary N) is 1. The van der Waals surface area contributed by atoms with Crippen molar-refractivity contribution >= 4 is 39.6 Å². The Labute approximate surface area is 129 Å². The number of Topliss-reactive ketones (excluding diaryl/α,β-unsaturated/α-hetero) is 1. The lowest BCUT2D eigenvalue weighted by Gasteiger charge is -2.23. The third-order valence-electron chi connectivity index (χ3n) is 3.50. The lowest BCUT2D eigenvalue weighted by molar-refractivity contribution is 0.0687. The molecule has 2 aromatic heterocycles. The van der Waals surface area contributed by atoms with Crippen molar-refractivity contribution in [3.63, 3.8) is 0 Å². The molecule has 110 valence electrons. The second-order valence-corrected chi connectivity index (χ2v) is 6.95. The van der Waals surface area contributed by atoms with Crippen LogP contribution in [0.2, 0.25) is 0 Å². The number of hydrogen-bond acceptors (Lipinski definition) is 6. The molecule has 1 aliphatic rings. The number of carboxylic acid groups (broad SMARTS) is 1. The van der Waals surface area contributed by atoms with Crippen LogP contribution in [-0.2, 0) is 6.42 Å². The van der Waals surface area contributed by atoms with Gasteiger partial charge in [-0.1, -0.05) is 11.3 Å². The van der Waals surface area contributed by atoms with Crippen molar-refractivity contribution in [1.82, 2.24) is 4.98 Å². The average molecular weight is 322 g/mol. The summed E-state index contributed by atoms with van der Waals surface area (Å²) in [5.74, 6) is -1.43. The Morgan fingerprint density at radius 2 is 2.29 bits per heavy atom. The van der Waals surface area contributed by atoms with E-state index in [-0.39, 0.29) is 22.4 Å². The van der Waals surface area contributed by atoms with E-state index in [1.807, 2.05) is 0 Å². The number of ketones is 1. The summed E-state index contributed by atoms with van der Waals surface area (Å²) in [4.78, 5) is 28.3. The highest BCUT2D eigenvalue weighted by Gasteiger charge is 2.25. The van der Waals surface area contributed by atoms with E-state index >= 15 is 0 Å². The maximum atomic E-state index is 11.5. The highest BCUT2D eigenvalue weighted by atomic mass is 32.1. The van der Waals surface area contributed by atoms with Gasteiger partial charge in [0.05, 0.1) is 6.04 Å². The lowest BCUT2D eigenvalue weighted by atomic mass is 9.94. The molecule has 7 heteroatoms. The zero-order valence-corrected chi connectivity index (χ0v) is 13.0. The molecule has 0 spiro atoms. The molecular formula is C14H14N2O3S2. The zero-order valence-electron chi connectivity index (χ0n) is 11.4. The molecule has 2 heterocycles. The first-order valence-electron chi connectivity index (χ1n) is 6.64. The number of hydrogen-bond donors (Lipinski definition) is 2. The minimum atomic E-state index is -1.16. The largest absolute Gasteiger partial charge is 0.476 e. The quantitative estimate of drug-likeness (QED) is 0.841. The first-order valence-corrected chi connectivity index (χ1v) is 8.33. The highest BCUT2D eigenvalue weighted by molar-refractivity contribution is 7.17. The second kappa shape index (κ2) is 5.57. The third-order valence-corrected chi connectivity index (χ3v) is 5.58. The number of thiophene rings is 1. The van der Waals surface area contributed by atoms with Gasteiger partial charge in [0.2, 0.25) is 0 Å². The standard InChI is InChI=1S/C14H14N2O3S2/c1-7(17)12-11(13(18)19)16-14(21-12)15-9-3-2-4-10-8(9)5-6-20-10/h5-6,9H,2-4H2,1H3,(H,15,16)(H,18,19). The van der Waals surface area contributed by atoms with Crippen molar-refractivity contribution in [2.75, 3.05) is 5.32 Å². The Bertz CT molecular complexity index is 673. The van der Waals surface area contributed by atoms with E-state index in [2.05, 4.69) is 21.7 Å². The Morgan fingerprint density at radius 3 is 2.95 bits per heavy atom. The van der Waals surface area contributed by atoms with E-state index in [1.54, 1.807) is 11.3 Å². The second-order valence-electron chi connectivity index (χ2n) is 4.95. The molecule has 0 radical (unpaired) electrons. The Hall–Kier alpha value is -1.73. The smallest absolute Gasteiger partial charge is 0.356 e. The fourth-order valence-corrected chi connectivity index (χ4v) is 4.44. The van der Waals surface area contributed by atoms with Gasteiger partial charge in [0.15, 0.2) is 16.6 Å². The predicted molar refractivity (Wildman–Crippen MR) is 82.7 cm³/mol. The topological polar surface area (TPSA) is 79.3 Å². The lowest BCUT2D eigenvalue weighted by Crippen LogP contribution is -2.15. The molecule has 2 aromatic rings. The SMILES string of the molecule is CC(=O)c1sc(NC2CCCc3sccc32)nc1C(=O)O. The van der Waals surface area contributed by atoms with Crippen LogP contribution in [0.15, 0.2) is 11.4 Å². The molecule has 0 bridgehead atoms. The van der Waals surface area contributed by atoms with Gasteiger partial charge in [0.1, 0.15) is 4.88 Å². The van der Waals surface area contributed by atoms with Crippen LogP contribution in [0.4, 0.5) is 5.13 Å². The fraction of sp³-hybridized carbons (Fsp3) is 0.357. The average Bonchev–Trinajstić information content (AvgIpc) is 3.05. The van der Waals surface area contributed by atoms with Crippen LogP contribution in [0.3, 0.4) is 0 Å². The van der Waals surface area contributed by atoms with Gasteiger partial charge in [0.25, 0.3) is 0 Å². The summed E-state index contributed by atoms with van der Waals surface area (Å²) in [5.41, 5.74) is 1.11. The van der Waals surface area contributed by atoms with Crippen LogP contribution in [0, 0.1) is 0 Å². The van der Waals surface area contributed by atoms with Gasteiger partial charge in [-0.25, -0.2) is 9.78 Å². The number of carbonyl (C=O) groups is 2. The number of aromatic carboxylic acids is 1. The molecule has 0 fully saturated rings. The fourth-order valence-electron chi connectivity index (χ4n) is 2.55. The van der Waals surface area contributed by atoms with Crippen LogP contribution in [0.5, 0.6) is 0 Å². The van der Waals surface area contributed by atoms with Gasteiger partial charge in [0, 0.05) is 11.8 Å². The van der Waals surface area contributed by atoms with E-state index in [4.69, 9.17) is 5.11 Å². The van der Waals surface area contributed by atoms with Crippen molar-refractivity contribution in [2.45, 2.75) is 32.2 Å². The molecule has 0 aromatic carbocycles. The van der Waals surface area contributed by atoms with Crippen LogP contribution < -0.4 is 5.32 Å². The van der Waals surface area contributed by atoms with Crippen LogP contribution >= 0.6 is 22.7 Å². The van der Waals surface area contributed by atoms with Crippen LogP contribution in [0.25, 0.3) is 0 Å². The number of carboxylic acids is 1. The van der Waals surface area contributed by atoms with Crippen molar-refractivity contribution in [3.8, 4) is 0 Å². The number of carbonyl (C=O) groups excluding carboxylic acids is 1. The van der Waals surface area contributed by atoms with Crippen LogP contribution in [-0.4, -0.2) is 21.8 Å². The van der Waals surface area contributed by atoms with Gasteiger partial charge >= 0.3 is 5.97 Å². The monoisotopic (exact) mass is 322 g/mol. The molecular weight excluding hydrogens is 308 g/mol. The van der Waals surface area contributed by atoms with E-state index in [0.29, 0.717) is 5.13 Å². The molecule has 21 heavy (non-hydrogen) atoms. The summed E-state index contributed by atoms with van der Waals surface area (Å²) in [6, 6.07) is 2.25. The van der Waals surface area contributed by atoms with Crippen molar-refractivity contribution in [1.29, 1.82) is 0 Å². The summed E-state index contributed by atoms with van der Waals surface area (Å²) < 4.78 is 0. The number of fused-ring (bicyclic) bond motifs is 1. The summed E-state index contributed by atoms with van der Waals surface area (Å²) in [7, 11) is 0. The molecule has 1 atom stereocenters. The highest BCUT2D eigenvalue weighted by Crippen LogP contribution is 2.36. The molecule has 0 saturated heterocycles. The number of anilines is 1. The molecule has 1 aliphatic carbocycles. The normalized spacial score (nSPS) is 17.3. The van der Waals surface area contributed by atoms with Gasteiger partial charge in [-0.15, -0.1) is 11.3 Å². The number of rotatable bonds is 4. The van der Waals surface area contributed by atoms with E-state index < -0.39 is 5.97 Å². The molecule has 0 amide bonds. The molecule has 2 N–H and O–H groups in total. The Morgan fingerprint density at radius 1 is 1.48 bits per heavy atom. The van der Waals surface area contributed by atoms with Gasteiger partial charge in [-0.3, -0.25) is 4.79 Å². The molecule has 3 rings (SSSR count). The maximum absolute atomic E-state index is 11.5. The molecule has 0 saturated carbocycles. The maximum Gasteiger partial charge on any atom is 0.356 e. The van der Waals surface area contributed by atoms with E-state index in [9.17, 15) is 9.59 Å². The summed E-state index contributed by atoms with van der Waals surface area (Å²) in [5, 5.41) is 15.0. The Kier molecular flexibility index (Phi) is 3.77. The van der Waals surface area contributed by atoms with Crippen molar-refractivity contribution in [2.24, 2.45) is 0 Å². The number of nitrogens with zero attached hydrogens (tertiary/aromatic N) is 1. The number of aryl methyl sites for hydroxylation is 1. The van der Waals surface area contributed by atoms with Gasteiger partial charge in [-0.2, -0.15) is 0 Å². The first-order chi connectivity index (χ1) is 10.1. The van der Waals surface area contributed by atoms with Crippen molar-refractivity contribution < 1.29 is 14.7 Å². The summed E-state index contributed by atoms with van der Waals surface area (Å²) >= 11 is 2.87. The van der Waals surface area contributed by atoms with E-state index in [0.717, 1.165) is 30.6 Å². The van der Waals surface area contributed by atoms with Crippen LogP contribution in [0.1, 0.15) is 56.4 Å².